The second-order valence-corrected chi connectivity index (χ2v) is 7.46. The Balaban J connectivity index is 2.74. The van der Waals surface area contributed by atoms with E-state index in [0.29, 0.717) is 18.4 Å². The van der Waals surface area contributed by atoms with Crippen molar-refractivity contribution in [2.24, 2.45) is 16.8 Å². The number of aliphatic hydroxyl groups excluding tert-OH is 1. The lowest BCUT2D eigenvalue weighted by atomic mass is 9.94. The summed E-state index contributed by atoms with van der Waals surface area (Å²) in [6, 6.07) is 5.93. The molecule has 1 unspecified atom stereocenters. The van der Waals surface area contributed by atoms with Gasteiger partial charge in [-0.3, -0.25) is 0 Å². The van der Waals surface area contributed by atoms with Crippen LogP contribution in [0.3, 0.4) is 0 Å². The zero-order chi connectivity index (χ0) is 18.7. The molecule has 0 radical (unpaired) electrons. The van der Waals surface area contributed by atoms with E-state index in [-0.39, 0.29) is 6.61 Å². The number of ether oxygens (including phenoxy) is 1. The van der Waals surface area contributed by atoms with Crippen molar-refractivity contribution in [3.63, 3.8) is 0 Å². The molecule has 3 N–H and O–H groups in total. The number of halogens is 1. The minimum Gasteiger partial charge on any atom is -0.496 e. The minimum absolute atomic E-state index is 0.224. The number of rotatable bonds is 10. The second kappa shape index (κ2) is 12.1. The fourth-order valence-electron chi connectivity index (χ4n) is 2.77. The van der Waals surface area contributed by atoms with Crippen LogP contribution in [0.25, 0.3) is 0 Å². The second-order valence-electron chi connectivity index (χ2n) is 6.54. The molecule has 0 spiro atoms. The minimum atomic E-state index is 0.224. The standard InChI is InChI=1S/C19H32BrN3O2/c1-5-21-19(22-12-15(8-9-24)10-14(2)3)23-13-16-11-17(20)6-7-18(16)25-4/h6-7,11,14-15,24H,5,8-10,12-13H2,1-4H3,(H2,21,22,23). The number of guanidine groups is 1. The van der Waals surface area contributed by atoms with Gasteiger partial charge in [0.05, 0.1) is 13.7 Å². The van der Waals surface area contributed by atoms with E-state index in [0.717, 1.165) is 47.7 Å². The maximum atomic E-state index is 9.26. The molecule has 0 aliphatic carbocycles. The van der Waals surface area contributed by atoms with Crippen molar-refractivity contribution >= 4 is 21.9 Å². The molecule has 0 aromatic heterocycles. The Labute approximate surface area is 160 Å². The lowest BCUT2D eigenvalue weighted by molar-refractivity contribution is 0.243. The van der Waals surface area contributed by atoms with Crippen LogP contribution in [0.4, 0.5) is 0 Å². The van der Waals surface area contributed by atoms with Crippen LogP contribution in [0.1, 0.15) is 39.2 Å². The predicted octanol–water partition coefficient (Wildman–Crippen LogP) is 3.56. The van der Waals surface area contributed by atoms with Gasteiger partial charge in [-0.1, -0.05) is 29.8 Å². The first-order valence-electron chi connectivity index (χ1n) is 8.95. The van der Waals surface area contributed by atoms with Crippen molar-refractivity contribution in [1.29, 1.82) is 0 Å². The van der Waals surface area contributed by atoms with Gasteiger partial charge >= 0.3 is 0 Å². The fraction of sp³-hybridized carbons (Fsp3) is 0.632. The van der Waals surface area contributed by atoms with Crippen LogP contribution >= 0.6 is 15.9 Å². The van der Waals surface area contributed by atoms with Crippen molar-refractivity contribution in [3.05, 3.63) is 28.2 Å². The van der Waals surface area contributed by atoms with Gasteiger partial charge in [0.1, 0.15) is 5.75 Å². The van der Waals surface area contributed by atoms with E-state index in [1.165, 1.54) is 0 Å². The molecule has 6 heteroatoms. The van der Waals surface area contributed by atoms with Gasteiger partial charge < -0.3 is 20.5 Å². The molecular weight excluding hydrogens is 382 g/mol. The smallest absolute Gasteiger partial charge is 0.191 e. The molecule has 0 aliphatic heterocycles. The molecule has 0 saturated heterocycles. The molecule has 25 heavy (non-hydrogen) atoms. The third-order valence-corrected chi connectivity index (χ3v) is 4.39. The third-order valence-electron chi connectivity index (χ3n) is 3.89. The molecule has 1 aromatic rings. The van der Waals surface area contributed by atoms with Crippen LogP contribution in [-0.2, 0) is 6.54 Å². The Kier molecular flexibility index (Phi) is 10.6. The van der Waals surface area contributed by atoms with Gasteiger partial charge in [0.25, 0.3) is 0 Å². The Hall–Kier alpha value is -1.27. The largest absolute Gasteiger partial charge is 0.496 e. The van der Waals surface area contributed by atoms with E-state index in [1.807, 2.05) is 18.2 Å². The summed E-state index contributed by atoms with van der Waals surface area (Å²) >= 11 is 3.49. The van der Waals surface area contributed by atoms with Crippen LogP contribution in [0.5, 0.6) is 5.75 Å². The molecule has 0 aliphatic rings. The van der Waals surface area contributed by atoms with Gasteiger partial charge in [-0.2, -0.15) is 0 Å². The highest BCUT2D eigenvalue weighted by atomic mass is 79.9. The number of benzene rings is 1. The highest BCUT2D eigenvalue weighted by molar-refractivity contribution is 9.10. The van der Waals surface area contributed by atoms with Gasteiger partial charge in [-0.05, 0) is 49.8 Å². The summed E-state index contributed by atoms with van der Waals surface area (Å²) in [5.74, 6) is 2.68. The van der Waals surface area contributed by atoms with Crippen molar-refractivity contribution in [1.82, 2.24) is 10.6 Å². The van der Waals surface area contributed by atoms with E-state index in [2.05, 4.69) is 52.3 Å². The number of nitrogens with one attached hydrogen (secondary N) is 2. The Morgan fingerprint density at radius 3 is 2.68 bits per heavy atom. The average molecular weight is 414 g/mol. The fourth-order valence-corrected chi connectivity index (χ4v) is 3.18. The summed E-state index contributed by atoms with van der Waals surface area (Å²) in [7, 11) is 1.67. The Morgan fingerprint density at radius 1 is 1.32 bits per heavy atom. The first-order chi connectivity index (χ1) is 12.0. The van der Waals surface area contributed by atoms with Gasteiger partial charge in [0.15, 0.2) is 5.96 Å². The highest BCUT2D eigenvalue weighted by Crippen LogP contribution is 2.23. The van der Waals surface area contributed by atoms with E-state index >= 15 is 0 Å². The van der Waals surface area contributed by atoms with Gasteiger partial charge in [0, 0.05) is 29.7 Å². The first-order valence-corrected chi connectivity index (χ1v) is 9.74. The maximum absolute atomic E-state index is 9.26. The summed E-state index contributed by atoms with van der Waals surface area (Å²) in [5, 5.41) is 16.0. The number of methoxy groups -OCH3 is 1. The molecule has 142 valence electrons. The number of hydrogen-bond donors (Lipinski definition) is 3. The molecular formula is C19H32BrN3O2. The normalized spacial score (nSPS) is 13.0. The topological polar surface area (TPSA) is 65.9 Å². The molecule has 0 saturated carbocycles. The Bertz CT molecular complexity index is 535. The summed E-state index contributed by atoms with van der Waals surface area (Å²) in [6.07, 6.45) is 1.90. The van der Waals surface area contributed by atoms with Gasteiger partial charge in [0.2, 0.25) is 0 Å². The molecule has 1 rings (SSSR count). The SMILES string of the molecule is CCNC(=NCc1cc(Br)ccc1OC)NCC(CCO)CC(C)C. The summed E-state index contributed by atoms with van der Waals surface area (Å²) in [4.78, 5) is 4.68. The van der Waals surface area contributed by atoms with E-state index in [1.54, 1.807) is 7.11 Å². The van der Waals surface area contributed by atoms with Crippen molar-refractivity contribution in [2.45, 2.75) is 40.2 Å². The van der Waals surface area contributed by atoms with Crippen LogP contribution in [-0.4, -0.2) is 37.9 Å². The molecule has 0 fully saturated rings. The average Bonchev–Trinajstić information content (AvgIpc) is 2.57. The molecule has 1 atom stereocenters. The van der Waals surface area contributed by atoms with Crippen molar-refractivity contribution in [2.75, 3.05) is 26.8 Å². The lowest BCUT2D eigenvalue weighted by Crippen LogP contribution is -2.40. The summed E-state index contributed by atoms with van der Waals surface area (Å²) in [5.41, 5.74) is 1.03. The van der Waals surface area contributed by atoms with Crippen LogP contribution in [0, 0.1) is 11.8 Å². The predicted molar refractivity (Wildman–Crippen MR) is 108 cm³/mol. The van der Waals surface area contributed by atoms with Crippen LogP contribution < -0.4 is 15.4 Å². The molecule has 0 bridgehead atoms. The molecule has 5 nitrogen and oxygen atoms in total. The maximum Gasteiger partial charge on any atom is 0.191 e. The molecule has 1 aromatic carbocycles. The van der Waals surface area contributed by atoms with E-state index in [4.69, 9.17) is 4.74 Å². The monoisotopic (exact) mass is 413 g/mol. The van der Waals surface area contributed by atoms with E-state index in [9.17, 15) is 5.11 Å². The van der Waals surface area contributed by atoms with Gasteiger partial charge in [-0.25, -0.2) is 4.99 Å². The molecule has 0 amide bonds. The highest BCUT2D eigenvalue weighted by Gasteiger charge is 2.11. The van der Waals surface area contributed by atoms with Crippen molar-refractivity contribution in [3.8, 4) is 5.75 Å². The number of aliphatic hydroxyl groups is 1. The first kappa shape index (κ1) is 21.8. The zero-order valence-electron chi connectivity index (χ0n) is 15.8. The number of aliphatic imine (C=N–C) groups is 1. The van der Waals surface area contributed by atoms with Crippen LogP contribution in [0.15, 0.2) is 27.7 Å². The van der Waals surface area contributed by atoms with Gasteiger partial charge in [-0.15, -0.1) is 0 Å². The van der Waals surface area contributed by atoms with E-state index < -0.39 is 0 Å². The van der Waals surface area contributed by atoms with Crippen LogP contribution in [0.2, 0.25) is 0 Å². The van der Waals surface area contributed by atoms with Crippen molar-refractivity contribution < 1.29 is 9.84 Å². The number of hydrogen-bond acceptors (Lipinski definition) is 3. The zero-order valence-corrected chi connectivity index (χ0v) is 17.4. The third kappa shape index (κ3) is 8.59. The molecule has 0 heterocycles. The summed E-state index contributed by atoms with van der Waals surface area (Å²) in [6.45, 7) is 8.84. The summed E-state index contributed by atoms with van der Waals surface area (Å²) < 4.78 is 6.42. The quantitative estimate of drug-likeness (QED) is 0.405. The number of nitrogens with zero attached hydrogens (tertiary/aromatic N) is 1. The lowest BCUT2D eigenvalue weighted by Gasteiger charge is -2.20. The Morgan fingerprint density at radius 2 is 2.08 bits per heavy atom.